The van der Waals surface area contributed by atoms with E-state index in [-0.39, 0.29) is 56.0 Å². The van der Waals surface area contributed by atoms with Crippen LogP contribution in [0.3, 0.4) is 0 Å². The molecule has 2 N–H and O–H groups in total. The van der Waals surface area contributed by atoms with Gasteiger partial charge in [-0.1, -0.05) is 71.1 Å². The van der Waals surface area contributed by atoms with Crippen LogP contribution in [0.25, 0.3) is 0 Å². The molecule has 460 valence electrons. The van der Waals surface area contributed by atoms with Gasteiger partial charge in [-0.2, -0.15) is 0 Å². The van der Waals surface area contributed by atoms with E-state index in [4.69, 9.17) is 37.9 Å². The summed E-state index contributed by atoms with van der Waals surface area (Å²) in [6.07, 6.45) is 10.3. The van der Waals surface area contributed by atoms with E-state index >= 15 is 0 Å². The highest BCUT2D eigenvalue weighted by atomic mass is 16.6. The summed E-state index contributed by atoms with van der Waals surface area (Å²) in [5.41, 5.74) is -0.904. The monoisotopic (exact) mass is 1140 g/mol. The summed E-state index contributed by atoms with van der Waals surface area (Å²) < 4.78 is 48.6. The molecule has 1 unspecified atom stereocenters. The number of ketones is 3. The molecule has 1 aliphatic carbocycles. The molecule has 0 radical (unpaired) electrons. The van der Waals surface area contributed by atoms with E-state index in [1.165, 1.54) is 12.0 Å². The molecule has 3 aliphatic heterocycles. The second-order valence-electron chi connectivity index (χ2n) is 26.3. The normalized spacial score (nSPS) is 34.3. The lowest BCUT2D eigenvalue weighted by atomic mass is 9.78. The van der Waals surface area contributed by atoms with E-state index in [2.05, 4.69) is 0 Å². The van der Waals surface area contributed by atoms with Crippen molar-refractivity contribution in [3.63, 3.8) is 0 Å². The van der Waals surface area contributed by atoms with E-state index in [1.54, 1.807) is 48.0 Å². The van der Waals surface area contributed by atoms with Crippen molar-refractivity contribution < 1.29 is 76.9 Å². The van der Waals surface area contributed by atoms with Crippen LogP contribution in [-0.4, -0.2) is 157 Å². The Bertz CT molecular complexity index is 2220. The molecule has 81 heavy (non-hydrogen) atoms. The topological polar surface area (TPSA) is 220 Å². The van der Waals surface area contributed by atoms with E-state index in [0.29, 0.717) is 69.8 Å². The Morgan fingerprint density at radius 1 is 0.790 bits per heavy atom. The van der Waals surface area contributed by atoms with Crippen molar-refractivity contribution in [3.05, 3.63) is 47.6 Å². The van der Waals surface area contributed by atoms with Gasteiger partial charge in [-0.3, -0.25) is 24.0 Å². The largest absolute Gasteiger partial charge is 0.460 e. The van der Waals surface area contributed by atoms with Crippen molar-refractivity contribution in [2.75, 3.05) is 41.1 Å². The Morgan fingerprint density at radius 2 is 1.44 bits per heavy atom. The number of nitrogens with zero attached hydrogens (tertiary/aromatic N) is 1. The van der Waals surface area contributed by atoms with Crippen LogP contribution >= 0.6 is 0 Å². The second kappa shape index (κ2) is 30.7. The Kier molecular flexibility index (Phi) is 26.4. The van der Waals surface area contributed by atoms with Crippen LogP contribution in [0.1, 0.15) is 174 Å². The highest BCUT2D eigenvalue weighted by Gasteiger charge is 2.53. The van der Waals surface area contributed by atoms with Gasteiger partial charge in [0.05, 0.1) is 42.7 Å². The minimum atomic E-state index is -2.47. The number of carbonyl (C=O) groups excluding carboxylic acids is 6. The van der Waals surface area contributed by atoms with Gasteiger partial charge in [0.15, 0.2) is 5.78 Å². The van der Waals surface area contributed by atoms with Gasteiger partial charge in [0, 0.05) is 58.5 Å². The summed E-state index contributed by atoms with van der Waals surface area (Å²) >= 11 is 0. The number of methoxy groups -OCH3 is 3. The van der Waals surface area contributed by atoms with E-state index in [1.807, 2.05) is 99.6 Å². The predicted molar refractivity (Wildman–Crippen MR) is 309 cm³/mol. The third-order valence-corrected chi connectivity index (χ3v) is 16.9. The number of fused-ring (bicyclic) bond motifs is 3. The lowest BCUT2D eigenvalue weighted by molar-refractivity contribution is -0.265. The van der Waals surface area contributed by atoms with E-state index in [0.717, 1.165) is 5.57 Å². The molecule has 17 heteroatoms. The zero-order valence-electron chi connectivity index (χ0n) is 52.2. The first kappa shape index (κ1) is 69.6. The summed E-state index contributed by atoms with van der Waals surface area (Å²) in [6, 6.07) is -1.19. The summed E-state index contributed by atoms with van der Waals surface area (Å²) in [5.74, 6) is -8.92. The van der Waals surface area contributed by atoms with Crippen LogP contribution in [0.5, 0.6) is 0 Å². The number of rotatable bonds is 12. The predicted octanol–water partition coefficient (Wildman–Crippen LogP) is 9.37. The van der Waals surface area contributed by atoms with Crippen LogP contribution in [-0.2, 0) is 66.7 Å². The molecule has 3 fully saturated rings. The molecule has 1 amide bonds. The first-order chi connectivity index (χ1) is 37.8. The molecule has 4 rings (SSSR count). The molecular weight excluding hydrogens is 1040 g/mol. The highest BCUT2D eigenvalue weighted by Crippen LogP contribution is 2.39. The summed E-state index contributed by atoms with van der Waals surface area (Å²) in [6.45, 7) is 26.2. The minimum Gasteiger partial charge on any atom is -0.460 e. The molecule has 0 aromatic carbocycles. The number of carbonyl (C=O) groups is 6. The first-order valence-electron chi connectivity index (χ1n) is 29.8. The molecule has 0 aromatic heterocycles. The number of aliphatic hydroxyl groups is 2. The third-order valence-electron chi connectivity index (χ3n) is 16.9. The zero-order chi connectivity index (χ0) is 60.8. The Labute approximate surface area is 484 Å². The number of aliphatic hydroxyl groups excluding tert-OH is 1. The maximum absolute atomic E-state index is 14.7. The molecule has 2 saturated heterocycles. The molecule has 15 atom stereocenters. The zero-order valence-corrected chi connectivity index (χ0v) is 52.2. The maximum Gasteiger partial charge on any atom is 0.329 e. The van der Waals surface area contributed by atoms with Gasteiger partial charge in [0.1, 0.15) is 41.7 Å². The Balaban J connectivity index is 1.68. The number of ether oxygens (including phenoxy) is 8. The summed E-state index contributed by atoms with van der Waals surface area (Å²) in [7, 11) is 4.53. The fraction of sp³-hybridized carbons (Fsp3) is 0.781. The van der Waals surface area contributed by atoms with Crippen molar-refractivity contribution in [1.29, 1.82) is 0 Å². The second-order valence-corrected chi connectivity index (χ2v) is 26.3. The van der Waals surface area contributed by atoms with E-state index in [9.17, 15) is 39.0 Å². The van der Waals surface area contributed by atoms with E-state index < -0.39 is 118 Å². The van der Waals surface area contributed by atoms with Gasteiger partial charge in [-0.05, 0) is 155 Å². The molecule has 2 bridgehead atoms. The summed E-state index contributed by atoms with van der Waals surface area (Å²) in [4.78, 5) is 87.2. The molecule has 4 aliphatic rings. The van der Waals surface area contributed by atoms with Crippen LogP contribution in [0, 0.1) is 40.9 Å². The Morgan fingerprint density at radius 3 is 2.05 bits per heavy atom. The van der Waals surface area contributed by atoms with Crippen molar-refractivity contribution in [2.45, 2.75) is 240 Å². The number of piperidine rings is 1. The van der Waals surface area contributed by atoms with Gasteiger partial charge in [-0.25, -0.2) is 4.79 Å². The molecule has 3 heterocycles. The fourth-order valence-electron chi connectivity index (χ4n) is 11.4. The number of hydrogen-bond donors (Lipinski definition) is 2. The first-order valence-corrected chi connectivity index (χ1v) is 29.8. The molecule has 1 saturated carbocycles. The molecule has 17 nitrogen and oxygen atoms in total. The van der Waals surface area contributed by atoms with Crippen LogP contribution in [0.15, 0.2) is 47.6 Å². The smallest absolute Gasteiger partial charge is 0.329 e. The molecule has 0 spiro atoms. The maximum atomic E-state index is 14.7. The van der Waals surface area contributed by atoms with Crippen LogP contribution in [0.4, 0.5) is 0 Å². The molecular formula is C64H103NO16. The minimum absolute atomic E-state index is 0.00363. The number of hydrogen-bond acceptors (Lipinski definition) is 16. The van der Waals surface area contributed by atoms with Gasteiger partial charge in [0.25, 0.3) is 11.7 Å². The number of esters is 2. The third kappa shape index (κ3) is 20.1. The number of cyclic esters (lactones) is 1. The summed E-state index contributed by atoms with van der Waals surface area (Å²) in [5, 5.41) is 23.7. The fourth-order valence-corrected chi connectivity index (χ4v) is 11.4. The average molecular weight is 1140 g/mol. The van der Waals surface area contributed by atoms with Crippen molar-refractivity contribution in [1.82, 2.24) is 4.90 Å². The van der Waals surface area contributed by atoms with Crippen molar-refractivity contribution >= 4 is 35.2 Å². The standard InChI is InChI=1S/C64H103NO16/c1-39-23-19-18-20-24-40(2)51(74-15)35-47-28-26-45(7)64(73,81-47)57(69)58(70)65-30-22-21-25-48(65)59(71)79-52(36-49(66)41(3)32-44(6)55(68)56(76-17)54(67)43(5)31-39)42(4)33-46-27-29-50(53(34-46)75-16)80-60(72)63(14,37-77-61(8,9)10)38-78-62(11,12)13/h18-20,23-24,32,39,41-43,45-48,50-53,55-56,68,73H,21-22,25-31,33-38H2,1-17H3/b20-18?,23-19+,40-24?,44-32+/t39-,41-,42-,43-,45-,46?,47+,48+,50-,51+,52+,53-,55-,56+,64-/m1/s1. The lowest BCUT2D eigenvalue weighted by Crippen LogP contribution is -2.61. The Hall–Kier alpha value is -3.94. The average Bonchev–Trinajstić information content (AvgIpc) is 3.41. The lowest BCUT2D eigenvalue weighted by Gasteiger charge is -2.42. The SMILES string of the molecule is CO[C@H]1C[C@@H]2CC[C@@H](C)[C@@](O)(O2)C(=O)C(=O)N2CCCC[C@H]2C(=O)O[C@H]([C@H](C)CC2CC[C@@H](OC(=O)C(C)(COC(C)(C)C)COC(C)(C)C)[C@H](OC)C2)CC(=O)[C@H](C)/C=C(\C)[C@@H](O)[C@@H](OC)C(=O)[C@H](C)C[C@H](C)/C=C/C=CC=C1C. The highest BCUT2D eigenvalue weighted by molar-refractivity contribution is 6.39. The van der Waals surface area contributed by atoms with Gasteiger partial charge < -0.3 is 53.0 Å². The van der Waals surface area contributed by atoms with Crippen LogP contribution < -0.4 is 0 Å². The van der Waals surface area contributed by atoms with Gasteiger partial charge in [-0.15, -0.1) is 0 Å². The van der Waals surface area contributed by atoms with Crippen LogP contribution in [0.2, 0.25) is 0 Å². The quantitative estimate of drug-likeness (QED) is 0.106. The van der Waals surface area contributed by atoms with Crippen molar-refractivity contribution in [2.24, 2.45) is 40.9 Å². The van der Waals surface area contributed by atoms with Crippen molar-refractivity contribution in [3.8, 4) is 0 Å². The number of amides is 1. The number of Topliss-reactive ketones (excluding diaryl/α,β-unsaturated/α-hetero) is 3. The molecule has 0 aromatic rings. The number of allylic oxidation sites excluding steroid dienone is 6. The van der Waals surface area contributed by atoms with Gasteiger partial charge in [0.2, 0.25) is 5.79 Å². The van der Waals surface area contributed by atoms with Gasteiger partial charge >= 0.3 is 11.9 Å².